The Balaban J connectivity index is 0. The highest BCUT2D eigenvalue weighted by molar-refractivity contribution is 14.0. The number of amides is 1. The smallest absolute Gasteiger partial charge is 0.407 e. The third-order valence-electron chi connectivity index (χ3n) is 2.32. The lowest BCUT2D eigenvalue weighted by molar-refractivity contribution is 0.0529. The summed E-state index contributed by atoms with van der Waals surface area (Å²) in [7, 11) is 1.73. The van der Waals surface area contributed by atoms with E-state index in [1.807, 2.05) is 20.8 Å². The van der Waals surface area contributed by atoms with Gasteiger partial charge >= 0.3 is 6.09 Å². The minimum absolute atomic E-state index is 0. The monoisotopic (exact) mass is 414 g/mol. The molecule has 0 rings (SSSR count). The van der Waals surface area contributed by atoms with Gasteiger partial charge in [0, 0.05) is 26.7 Å². The number of ether oxygens (including phenoxy) is 1. The molecule has 3 N–H and O–H groups in total. The van der Waals surface area contributed by atoms with Gasteiger partial charge in [-0.2, -0.15) is 0 Å². The minimum atomic E-state index is -0.466. The first-order valence-electron chi connectivity index (χ1n) is 7.16. The third kappa shape index (κ3) is 15.5. The maximum atomic E-state index is 11.4. The minimum Gasteiger partial charge on any atom is -0.444 e. The summed E-state index contributed by atoms with van der Waals surface area (Å²) >= 11 is 0. The van der Waals surface area contributed by atoms with Gasteiger partial charge in [-0.3, -0.25) is 4.99 Å². The lowest BCUT2D eigenvalue weighted by atomic mass is 10.1. The van der Waals surface area contributed by atoms with Crippen LogP contribution in [0, 0.1) is 5.92 Å². The summed E-state index contributed by atoms with van der Waals surface area (Å²) in [5.41, 5.74) is -0.466. The van der Waals surface area contributed by atoms with Crippen molar-refractivity contribution in [2.45, 2.75) is 46.6 Å². The van der Waals surface area contributed by atoms with Crippen molar-refractivity contribution in [2.24, 2.45) is 10.9 Å². The van der Waals surface area contributed by atoms with Crippen LogP contribution >= 0.6 is 24.0 Å². The molecule has 0 aliphatic heterocycles. The summed E-state index contributed by atoms with van der Waals surface area (Å²) in [5.74, 6) is 1.41. The molecule has 0 radical (unpaired) electrons. The van der Waals surface area contributed by atoms with Crippen molar-refractivity contribution in [3.8, 4) is 0 Å². The van der Waals surface area contributed by atoms with E-state index in [4.69, 9.17) is 4.74 Å². The number of guanidine groups is 1. The number of rotatable bonds is 6. The van der Waals surface area contributed by atoms with Crippen molar-refractivity contribution in [1.82, 2.24) is 16.0 Å². The van der Waals surface area contributed by atoms with Crippen molar-refractivity contribution in [1.29, 1.82) is 0 Å². The van der Waals surface area contributed by atoms with Gasteiger partial charge in [-0.1, -0.05) is 13.8 Å². The topological polar surface area (TPSA) is 74.8 Å². The molecule has 1 amide bonds. The van der Waals surface area contributed by atoms with Crippen molar-refractivity contribution in [3.05, 3.63) is 0 Å². The van der Waals surface area contributed by atoms with Crippen LogP contribution in [0.25, 0.3) is 0 Å². The standard InChI is InChI=1S/C14H30N4O2.HI/c1-11(2)7-8-16-12(15-6)17-9-10-18-13(19)20-14(3,4)5;/h11H,7-10H2,1-6H3,(H,18,19)(H2,15,16,17);1H. The van der Waals surface area contributed by atoms with Crippen LogP contribution in [-0.4, -0.2) is 44.3 Å². The van der Waals surface area contributed by atoms with Crippen molar-refractivity contribution < 1.29 is 9.53 Å². The van der Waals surface area contributed by atoms with Gasteiger partial charge in [0.05, 0.1) is 0 Å². The molecular formula is C14H31IN4O2. The first-order valence-corrected chi connectivity index (χ1v) is 7.16. The van der Waals surface area contributed by atoms with E-state index in [0.717, 1.165) is 18.9 Å². The third-order valence-corrected chi connectivity index (χ3v) is 2.32. The average Bonchev–Trinajstić information content (AvgIpc) is 2.29. The zero-order chi connectivity index (χ0) is 15.6. The number of hydrogen-bond donors (Lipinski definition) is 3. The van der Waals surface area contributed by atoms with Crippen molar-refractivity contribution >= 4 is 36.0 Å². The molecule has 0 aliphatic carbocycles. The van der Waals surface area contributed by atoms with Gasteiger partial charge in [0.2, 0.25) is 0 Å². The number of carbonyl (C=O) groups is 1. The van der Waals surface area contributed by atoms with Gasteiger partial charge in [-0.25, -0.2) is 4.79 Å². The normalized spacial score (nSPS) is 11.7. The molecule has 0 aliphatic rings. The van der Waals surface area contributed by atoms with Gasteiger partial charge < -0.3 is 20.7 Å². The van der Waals surface area contributed by atoms with Crippen LogP contribution in [0.3, 0.4) is 0 Å². The molecule has 0 bridgehead atoms. The van der Waals surface area contributed by atoms with E-state index in [9.17, 15) is 4.79 Å². The molecule has 0 aromatic carbocycles. The first kappa shape index (κ1) is 22.5. The van der Waals surface area contributed by atoms with E-state index < -0.39 is 11.7 Å². The molecule has 0 atom stereocenters. The number of nitrogens with zero attached hydrogens (tertiary/aromatic N) is 1. The summed E-state index contributed by atoms with van der Waals surface area (Å²) in [4.78, 5) is 15.5. The summed E-state index contributed by atoms with van der Waals surface area (Å²) in [6, 6.07) is 0. The summed E-state index contributed by atoms with van der Waals surface area (Å²) in [6.45, 7) is 11.9. The number of aliphatic imine (C=N–C) groups is 1. The molecule has 21 heavy (non-hydrogen) atoms. The Morgan fingerprint density at radius 3 is 2.10 bits per heavy atom. The second-order valence-electron chi connectivity index (χ2n) is 6.04. The Labute approximate surface area is 145 Å². The van der Waals surface area contributed by atoms with E-state index >= 15 is 0 Å². The maximum absolute atomic E-state index is 11.4. The molecule has 0 spiro atoms. The van der Waals surface area contributed by atoms with E-state index in [2.05, 4.69) is 34.8 Å². The Bertz CT molecular complexity index is 315. The van der Waals surface area contributed by atoms with Crippen molar-refractivity contribution in [3.63, 3.8) is 0 Å². The molecular weight excluding hydrogens is 383 g/mol. The zero-order valence-electron chi connectivity index (χ0n) is 14.1. The Morgan fingerprint density at radius 1 is 1.10 bits per heavy atom. The Morgan fingerprint density at radius 2 is 1.62 bits per heavy atom. The van der Waals surface area contributed by atoms with E-state index in [0.29, 0.717) is 19.0 Å². The zero-order valence-corrected chi connectivity index (χ0v) is 16.4. The number of nitrogens with one attached hydrogen (secondary N) is 3. The second kappa shape index (κ2) is 11.9. The van der Waals surface area contributed by atoms with Crippen LogP contribution in [-0.2, 0) is 4.74 Å². The van der Waals surface area contributed by atoms with Gasteiger partial charge in [-0.15, -0.1) is 24.0 Å². The SMILES string of the molecule is CN=C(NCCNC(=O)OC(C)(C)C)NCCC(C)C.I. The quantitative estimate of drug-likeness (QED) is 0.270. The van der Waals surface area contributed by atoms with E-state index in [1.165, 1.54) is 0 Å². The molecule has 0 aromatic rings. The van der Waals surface area contributed by atoms with E-state index in [1.54, 1.807) is 7.05 Å². The van der Waals surface area contributed by atoms with Crippen LogP contribution in [0.2, 0.25) is 0 Å². The molecule has 0 saturated carbocycles. The summed E-state index contributed by atoms with van der Waals surface area (Å²) in [6.07, 6.45) is 0.693. The summed E-state index contributed by atoms with van der Waals surface area (Å²) < 4.78 is 5.14. The van der Waals surface area contributed by atoms with Gasteiger partial charge in [0.15, 0.2) is 5.96 Å². The number of halogens is 1. The lowest BCUT2D eigenvalue weighted by Gasteiger charge is -2.20. The number of hydrogen-bond acceptors (Lipinski definition) is 3. The fraction of sp³-hybridized carbons (Fsp3) is 0.857. The lowest BCUT2D eigenvalue weighted by Crippen LogP contribution is -2.42. The number of alkyl carbamates (subject to hydrolysis) is 1. The van der Waals surface area contributed by atoms with E-state index in [-0.39, 0.29) is 24.0 Å². The van der Waals surface area contributed by atoms with Crippen LogP contribution in [0.5, 0.6) is 0 Å². The average molecular weight is 414 g/mol. The molecule has 126 valence electrons. The highest BCUT2D eigenvalue weighted by atomic mass is 127. The second-order valence-corrected chi connectivity index (χ2v) is 6.04. The highest BCUT2D eigenvalue weighted by Gasteiger charge is 2.15. The molecule has 0 heterocycles. The van der Waals surface area contributed by atoms with Gasteiger partial charge in [0.25, 0.3) is 0 Å². The number of carbonyl (C=O) groups excluding carboxylic acids is 1. The van der Waals surface area contributed by atoms with Crippen LogP contribution in [0.4, 0.5) is 4.79 Å². The van der Waals surface area contributed by atoms with Crippen LogP contribution in [0.1, 0.15) is 41.0 Å². The Kier molecular flexibility index (Phi) is 12.8. The fourth-order valence-electron chi connectivity index (χ4n) is 1.36. The highest BCUT2D eigenvalue weighted by Crippen LogP contribution is 2.05. The fourth-order valence-corrected chi connectivity index (χ4v) is 1.36. The molecule has 0 fully saturated rings. The molecule has 0 saturated heterocycles. The van der Waals surface area contributed by atoms with Gasteiger partial charge in [-0.05, 0) is 33.1 Å². The molecule has 0 unspecified atom stereocenters. The van der Waals surface area contributed by atoms with Crippen LogP contribution in [0.15, 0.2) is 4.99 Å². The molecule has 6 nitrogen and oxygen atoms in total. The van der Waals surface area contributed by atoms with Crippen LogP contribution < -0.4 is 16.0 Å². The van der Waals surface area contributed by atoms with Crippen molar-refractivity contribution in [2.75, 3.05) is 26.7 Å². The van der Waals surface area contributed by atoms with Gasteiger partial charge in [0.1, 0.15) is 5.60 Å². The largest absolute Gasteiger partial charge is 0.444 e. The predicted molar refractivity (Wildman–Crippen MR) is 98.5 cm³/mol. The molecule has 7 heteroatoms. The predicted octanol–water partition coefficient (Wildman–Crippen LogP) is 2.34. The molecule has 0 aromatic heterocycles. The summed E-state index contributed by atoms with van der Waals surface area (Å²) in [5, 5.41) is 9.04. The first-order chi connectivity index (χ1) is 9.24. The maximum Gasteiger partial charge on any atom is 0.407 e. The Hall–Kier alpha value is -0.730.